The molecule has 0 bridgehead atoms. The number of aliphatic hydroxyl groups is 1. The van der Waals surface area contributed by atoms with E-state index in [0.717, 1.165) is 12.1 Å². The van der Waals surface area contributed by atoms with Crippen LogP contribution in [0.25, 0.3) is 0 Å². The number of rotatable bonds is 3. The molecular weight excluding hydrogens is 259 g/mol. The van der Waals surface area contributed by atoms with Crippen LogP contribution in [0.15, 0.2) is 24.3 Å². The van der Waals surface area contributed by atoms with Gasteiger partial charge in [-0.3, -0.25) is 4.79 Å². The summed E-state index contributed by atoms with van der Waals surface area (Å²) in [6, 6.07) is 4.53. The van der Waals surface area contributed by atoms with Gasteiger partial charge in [-0.05, 0) is 30.5 Å². The first-order chi connectivity index (χ1) is 8.84. The van der Waals surface area contributed by atoms with Crippen molar-refractivity contribution in [3.63, 3.8) is 0 Å². The molecule has 104 valence electrons. The van der Waals surface area contributed by atoms with Gasteiger partial charge < -0.3 is 10.4 Å². The molecule has 1 aliphatic rings. The van der Waals surface area contributed by atoms with Crippen molar-refractivity contribution in [1.82, 2.24) is 5.32 Å². The van der Waals surface area contributed by atoms with E-state index in [1.165, 1.54) is 12.1 Å². The Morgan fingerprint density at radius 1 is 1.26 bits per heavy atom. The van der Waals surface area contributed by atoms with Gasteiger partial charge in [-0.1, -0.05) is 12.1 Å². The summed E-state index contributed by atoms with van der Waals surface area (Å²) in [5.41, 5.74) is -0.191. The van der Waals surface area contributed by atoms with Gasteiger partial charge in [0.05, 0.1) is 18.1 Å². The Hall–Kier alpha value is -1.56. The fourth-order valence-electron chi connectivity index (χ4n) is 1.98. The van der Waals surface area contributed by atoms with Crippen LogP contribution in [0.3, 0.4) is 0 Å². The van der Waals surface area contributed by atoms with E-state index in [2.05, 4.69) is 5.32 Å². The maximum Gasteiger partial charge on any atom is 0.416 e. The fourth-order valence-corrected chi connectivity index (χ4v) is 1.98. The Bertz CT molecular complexity index is 450. The molecule has 0 heterocycles. The van der Waals surface area contributed by atoms with Gasteiger partial charge in [0.25, 0.3) is 0 Å². The van der Waals surface area contributed by atoms with Crippen LogP contribution in [-0.4, -0.2) is 23.2 Å². The van der Waals surface area contributed by atoms with E-state index < -0.39 is 11.7 Å². The molecule has 0 atom stereocenters. The van der Waals surface area contributed by atoms with Gasteiger partial charge in [0.15, 0.2) is 0 Å². The maximum atomic E-state index is 12.3. The minimum absolute atomic E-state index is 0.0167. The Morgan fingerprint density at radius 3 is 2.32 bits per heavy atom. The van der Waals surface area contributed by atoms with Crippen molar-refractivity contribution >= 4 is 5.91 Å². The van der Waals surface area contributed by atoms with Crippen LogP contribution >= 0.6 is 0 Å². The SMILES string of the molecule is O=C(Cc1ccc(C(F)(F)F)cc1)NC1CC(O)C1. The lowest BCUT2D eigenvalue weighted by Gasteiger charge is -2.31. The van der Waals surface area contributed by atoms with E-state index in [-0.39, 0.29) is 24.5 Å². The van der Waals surface area contributed by atoms with E-state index in [1.807, 2.05) is 0 Å². The largest absolute Gasteiger partial charge is 0.416 e. The summed E-state index contributed by atoms with van der Waals surface area (Å²) in [5.74, 6) is -0.239. The third-order valence-corrected chi connectivity index (χ3v) is 3.12. The number of carbonyl (C=O) groups is 1. The highest BCUT2D eigenvalue weighted by Gasteiger charge is 2.30. The van der Waals surface area contributed by atoms with Crippen molar-refractivity contribution < 1.29 is 23.1 Å². The Labute approximate surface area is 108 Å². The lowest BCUT2D eigenvalue weighted by atomic mass is 9.89. The standard InChI is InChI=1S/C13H14F3NO2/c14-13(15,16)9-3-1-8(2-4-9)5-12(19)17-10-6-11(18)7-10/h1-4,10-11,18H,5-7H2,(H,17,19). The normalized spacial score (nSPS) is 22.7. The first kappa shape index (κ1) is 13.9. The zero-order valence-electron chi connectivity index (χ0n) is 10.1. The Morgan fingerprint density at radius 2 is 1.84 bits per heavy atom. The lowest BCUT2D eigenvalue weighted by Crippen LogP contribution is -2.47. The predicted molar refractivity (Wildman–Crippen MR) is 62.3 cm³/mol. The fraction of sp³-hybridized carbons (Fsp3) is 0.462. The van der Waals surface area contributed by atoms with Crippen LogP contribution < -0.4 is 5.32 Å². The summed E-state index contributed by atoms with van der Waals surface area (Å²) in [7, 11) is 0. The van der Waals surface area contributed by atoms with Gasteiger partial charge in [0.1, 0.15) is 0 Å². The van der Waals surface area contributed by atoms with Gasteiger partial charge in [-0.2, -0.15) is 13.2 Å². The second-order valence-corrected chi connectivity index (χ2v) is 4.76. The molecule has 0 unspecified atom stereocenters. The number of hydrogen-bond donors (Lipinski definition) is 2. The van der Waals surface area contributed by atoms with Crippen molar-refractivity contribution in [2.45, 2.75) is 37.6 Å². The number of alkyl halides is 3. The molecule has 1 aromatic rings. The monoisotopic (exact) mass is 273 g/mol. The van der Waals surface area contributed by atoms with Crippen molar-refractivity contribution in [2.24, 2.45) is 0 Å². The predicted octanol–water partition coefficient (Wildman–Crippen LogP) is 1.89. The molecule has 19 heavy (non-hydrogen) atoms. The molecule has 0 spiro atoms. The lowest BCUT2D eigenvalue weighted by molar-refractivity contribution is -0.137. The molecule has 1 aromatic carbocycles. The highest BCUT2D eigenvalue weighted by molar-refractivity contribution is 5.79. The summed E-state index contributed by atoms with van der Waals surface area (Å²) in [6.45, 7) is 0. The topological polar surface area (TPSA) is 49.3 Å². The van der Waals surface area contributed by atoms with Crippen molar-refractivity contribution in [3.05, 3.63) is 35.4 Å². The number of hydrogen-bond acceptors (Lipinski definition) is 2. The van der Waals surface area contributed by atoms with Crippen LogP contribution in [0, 0.1) is 0 Å². The van der Waals surface area contributed by atoms with Crippen LogP contribution in [0.5, 0.6) is 0 Å². The molecule has 0 radical (unpaired) electrons. The van der Waals surface area contributed by atoms with Crippen LogP contribution in [-0.2, 0) is 17.4 Å². The zero-order chi connectivity index (χ0) is 14.0. The van der Waals surface area contributed by atoms with Crippen LogP contribution in [0.4, 0.5) is 13.2 Å². The van der Waals surface area contributed by atoms with Gasteiger partial charge in [0.2, 0.25) is 5.91 Å². The minimum Gasteiger partial charge on any atom is -0.393 e. The highest BCUT2D eigenvalue weighted by Crippen LogP contribution is 2.29. The zero-order valence-corrected chi connectivity index (χ0v) is 10.1. The number of aliphatic hydroxyl groups excluding tert-OH is 1. The van der Waals surface area contributed by atoms with Crippen molar-refractivity contribution in [2.75, 3.05) is 0 Å². The number of carbonyl (C=O) groups excluding carboxylic acids is 1. The van der Waals surface area contributed by atoms with E-state index in [4.69, 9.17) is 5.11 Å². The molecule has 1 fully saturated rings. The third kappa shape index (κ3) is 3.70. The molecule has 0 aromatic heterocycles. The number of nitrogens with one attached hydrogen (secondary N) is 1. The summed E-state index contributed by atoms with van der Waals surface area (Å²) in [6.07, 6.45) is -3.58. The molecular formula is C13H14F3NO2. The first-order valence-corrected chi connectivity index (χ1v) is 5.98. The summed E-state index contributed by atoms with van der Waals surface area (Å²) in [5, 5.41) is 11.8. The molecule has 6 heteroatoms. The second-order valence-electron chi connectivity index (χ2n) is 4.76. The number of benzene rings is 1. The summed E-state index contributed by atoms with van der Waals surface area (Å²) < 4.78 is 37.0. The average molecular weight is 273 g/mol. The van der Waals surface area contributed by atoms with Gasteiger partial charge in [0, 0.05) is 6.04 Å². The molecule has 3 nitrogen and oxygen atoms in total. The Kier molecular flexibility index (Phi) is 3.80. The third-order valence-electron chi connectivity index (χ3n) is 3.12. The molecule has 0 aliphatic heterocycles. The van der Waals surface area contributed by atoms with Gasteiger partial charge >= 0.3 is 6.18 Å². The Balaban J connectivity index is 1.87. The van der Waals surface area contributed by atoms with Crippen molar-refractivity contribution in [3.8, 4) is 0 Å². The van der Waals surface area contributed by atoms with Gasteiger partial charge in [-0.15, -0.1) is 0 Å². The quantitative estimate of drug-likeness (QED) is 0.883. The minimum atomic E-state index is -4.36. The molecule has 1 saturated carbocycles. The molecule has 0 saturated heterocycles. The van der Waals surface area contributed by atoms with E-state index in [0.29, 0.717) is 18.4 Å². The number of halogens is 3. The number of amides is 1. The van der Waals surface area contributed by atoms with Crippen LogP contribution in [0.2, 0.25) is 0 Å². The smallest absolute Gasteiger partial charge is 0.393 e. The maximum absolute atomic E-state index is 12.3. The molecule has 1 aliphatic carbocycles. The van der Waals surface area contributed by atoms with Crippen molar-refractivity contribution in [1.29, 1.82) is 0 Å². The summed E-state index contributed by atoms with van der Waals surface area (Å²) >= 11 is 0. The summed E-state index contributed by atoms with van der Waals surface area (Å²) in [4.78, 5) is 11.6. The van der Waals surface area contributed by atoms with Crippen LogP contribution in [0.1, 0.15) is 24.0 Å². The molecule has 2 rings (SSSR count). The second kappa shape index (κ2) is 5.21. The van der Waals surface area contributed by atoms with E-state index in [9.17, 15) is 18.0 Å². The van der Waals surface area contributed by atoms with E-state index in [1.54, 1.807) is 0 Å². The van der Waals surface area contributed by atoms with Gasteiger partial charge in [-0.25, -0.2) is 0 Å². The first-order valence-electron chi connectivity index (χ1n) is 5.98. The molecule has 1 amide bonds. The molecule has 2 N–H and O–H groups in total. The highest BCUT2D eigenvalue weighted by atomic mass is 19.4. The average Bonchev–Trinajstić information content (AvgIpc) is 2.26. The van der Waals surface area contributed by atoms with E-state index >= 15 is 0 Å².